The average Bonchev–Trinajstić information content (AvgIpc) is 2.66. The predicted octanol–water partition coefficient (Wildman–Crippen LogP) is 2.57. The van der Waals surface area contributed by atoms with Gasteiger partial charge in [0.2, 0.25) is 5.82 Å². The quantitative estimate of drug-likeness (QED) is 0.763. The molecule has 0 fully saturated rings. The molecule has 0 atom stereocenters. The van der Waals surface area contributed by atoms with Crippen molar-refractivity contribution < 1.29 is 0 Å². The smallest absolute Gasteiger partial charge is 0.210 e. The summed E-state index contributed by atoms with van der Waals surface area (Å²) in [4.78, 5) is 6.93. The van der Waals surface area contributed by atoms with E-state index < -0.39 is 0 Å². The van der Waals surface area contributed by atoms with Gasteiger partial charge in [-0.1, -0.05) is 23.8 Å². The molecule has 3 nitrogen and oxygen atoms in total. The van der Waals surface area contributed by atoms with Crippen molar-refractivity contribution in [3.63, 3.8) is 0 Å². The first kappa shape index (κ1) is 9.47. The molecule has 0 amide bonds. The molecule has 0 saturated carbocycles. The molecule has 0 spiro atoms. The van der Waals surface area contributed by atoms with Crippen LogP contribution in [0.25, 0.3) is 11.3 Å². The third kappa shape index (κ3) is 1.75. The molecule has 15 heavy (non-hydrogen) atoms. The number of imidazole rings is 1. The van der Waals surface area contributed by atoms with Crippen molar-refractivity contribution in [1.82, 2.24) is 9.97 Å². The molecule has 2 aromatic rings. The third-order valence-electron chi connectivity index (χ3n) is 2.35. The van der Waals surface area contributed by atoms with E-state index >= 15 is 0 Å². The Hall–Kier alpha value is -2.08. The summed E-state index contributed by atoms with van der Waals surface area (Å²) in [6, 6.07) is 8.19. The van der Waals surface area contributed by atoms with Crippen molar-refractivity contribution in [2.75, 3.05) is 0 Å². The van der Waals surface area contributed by atoms with E-state index in [1.807, 2.05) is 12.1 Å². The molecule has 74 valence electrons. The van der Waals surface area contributed by atoms with Gasteiger partial charge in [0, 0.05) is 5.56 Å². The lowest BCUT2D eigenvalue weighted by atomic mass is 10.0. The van der Waals surface area contributed by atoms with Gasteiger partial charge < -0.3 is 4.98 Å². The minimum absolute atomic E-state index is 0.352. The van der Waals surface area contributed by atoms with E-state index in [0.717, 1.165) is 11.3 Å². The second-order valence-corrected chi connectivity index (χ2v) is 3.58. The van der Waals surface area contributed by atoms with Gasteiger partial charge in [0.25, 0.3) is 0 Å². The molecule has 0 bridgehead atoms. The maximum atomic E-state index is 8.67. The van der Waals surface area contributed by atoms with Gasteiger partial charge in [-0.05, 0) is 19.4 Å². The van der Waals surface area contributed by atoms with Crippen LogP contribution in [0.3, 0.4) is 0 Å². The van der Waals surface area contributed by atoms with E-state index in [1.54, 1.807) is 6.20 Å². The minimum Gasteiger partial charge on any atom is -0.329 e. The van der Waals surface area contributed by atoms with Gasteiger partial charge in [0.15, 0.2) is 0 Å². The van der Waals surface area contributed by atoms with Gasteiger partial charge >= 0.3 is 0 Å². The van der Waals surface area contributed by atoms with Crippen LogP contribution in [0.1, 0.15) is 17.0 Å². The molecule has 0 aliphatic carbocycles. The zero-order chi connectivity index (χ0) is 10.8. The third-order valence-corrected chi connectivity index (χ3v) is 2.35. The summed E-state index contributed by atoms with van der Waals surface area (Å²) in [6.45, 7) is 4.11. The normalized spacial score (nSPS) is 9.93. The molecule has 1 N–H and O–H groups in total. The Morgan fingerprint density at radius 2 is 2.13 bits per heavy atom. The lowest BCUT2D eigenvalue weighted by molar-refractivity contribution is 1.23. The number of nitrogens with one attached hydrogen (secondary N) is 1. The fourth-order valence-corrected chi connectivity index (χ4v) is 1.63. The average molecular weight is 197 g/mol. The molecule has 0 radical (unpaired) electrons. The molecule has 1 heterocycles. The molecule has 0 unspecified atom stereocenters. The highest BCUT2D eigenvalue weighted by atomic mass is 14.9. The number of aryl methyl sites for hydroxylation is 2. The number of rotatable bonds is 1. The Balaban J connectivity index is 2.50. The molecule has 1 aromatic carbocycles. The number of aromatic amines is 1. The fraction of sp³-hybridized carbons (Fsp3) is 0.167. The van der Waals surface area contributed by atoms with Crippen molar-refractivity contribution in [2.24, 2.45) is 0 Å². The van der Waals surface area contributed by atoms with Crippen LogP contribution in [0.15, 0.2) is 24.4 Å². The first-order valence-electron chi connectivity index (χ1n) is 4.73. The van der Waals surface area contributed by atoms with E-state index in [1.165, 1.54) is 11.1 Å². The molecule has 0 aliphatic rings. The summed E-state index contributed by atoms with van der Waals surface area (Å²) in [6.07, 6.45) is 1.69. The Morgan fingerprint density at radius 3 is 2.73 bits per heavy atom. The topological polar surface area (TPSA) is 52.5 Å². The second kappa shape index (κ2) is 3.58. The van der Waals surface area contributed by atoms with Crippen LogP contribution >= 0.6 is 0 Å². The number of H-pyrrole nitrogens is 1. The zero-order valence-electron chi connectivity index (χ0n) is 8.70. The molecular formula is C12H11N3. The zero-order valence-corrected chi connectivity index (χ0v) is 8.70. The monoisotopic (exact) mass is 197 g/mol. The Labute approximate surface area is 88.4 Å². The maximum absolute atomic E-state index is 8.67. The van der Waals surface area contributed by atoms with Crippen LogP contribution in [-0.2, 0) is 0 Å². The number of nitrogens with zero attached hydrogens (tertiary/aromatic N) is 2. The largest absolute Gasteiger partial charge is 0.329 e. The van der Waals surface area contributed by atoms with Gasteiger partial charge in [-0.25, -0.2) is 4.98 Å². The van der Waals surface area contributed by atoms with E-state index in [-0.39, 0.29) is 0 Å². The van der Waals surface area contributed by atoms with Crippen LogP contribution < -0.4 is 0 Å². The fourth-order valence-electron chi connectivity index (χ4n) is 1.63. The standard InChI is InChI=1S/C12H11N3/c1-8-3-4-10(9(2)5-8)11-7-14-12(6-13)15-11/h3-5,7H,1-2H3,(H,14,15). The summed E-state index contributed by atoms with van der Waals surface area (Å²) in [5.41, 5.74) is 4.40. The van der Waals surface area contributed by atoms with Gasteiger partial charge in [-0.2, -0.15) is 5.26 Å². The summed E-state index contributed by atoms with van der Waals surface area (Å²) in [7, 11) is 0. The summed E-state index contributed by atoms with van der Waals surface area (Å²) in [5, 5.41) is 8.67. The van der Waals surface area contributed by atoms with Gasteiger partial charge in [0.05, 0.1) is 11.9 Å². The highest BCUT2D eigenvalue weighted by molar-refractivity contribution is 5.63. The maximum Gasteiger partial charge on any atom is 0.210 e. The Morgan fingerprint density at radius 1 is 1.33 bits per heavy atom. The predicted molar refractivity (Wildman–Crippen MR) is 58.2 cm³/mol. The van der Waals surface area contributed by atoms with Crippen LogP contribution in [-0.4, -0.2) is 9.97 Å². The highest BCUT2D eigenvalue weighted by Crippen LogP contribution is 2.22. The van der Waals surface area contributed by atoms with E-state index in [0.29, 0.717) is 5.82 Å². The first-order chi connectivity index (χ1) is 7.20. The molecule has 0 aliphatic heterocycles. The first-order valence-corrected chi connectivity index (χ1v) is 4.73. The van der Waals surface area contributed by atoms with Gasteiger partial charge in [0.1, 0.15) is 6.07 Å². The van der Waals surface area contributed by atoms with Gasteiger partial charge in [-0.3, -0.25) is 0 Å². The molecule has 2 rings (SSSR count). The van der Waals surface area contributed by atoms with Gasteiger partial charge in [-0.15, -0.1) is 0 Å². The highest BCUT2D eigenvalue weighted by Gasteiger charge is 2.05. The molecule has 0 saturated heterocycles. The number of aromatic nitrogens is 2. The Bertz CT molecular complexity index is 532. The van der Waals surface area contributed by atoms with Crippen LogP contribution in [0.4, 0.5) is 0 Å². The second-order valence-electron chi connectivity index (χ2n) is 3.58. The lowest BCUT2D eigenvalue weighted by Crippen LogP contribution is -1.85. The SMILES string of the molecule is Cc1ccc(-c2cnc(C#N)[nH]2)c(C)c1. The lowest BCUT2D eigenvalue weighted by Gasteiger charge is -2.03. The molecule has 1 aromatic heterocycles. The van der Waals surface area contributed by atoms with Crippen molar-refractivity contribution in [2.45, 2.75) is 13.8 Å². The van der Waals surface area contributed by atoms with Crippen LogP contribution in [0, 0.1) is 25.2 Å². The van der Waals surface area contributed by atoms with Crippen molar-refractivity contribution in [3.8, 4) is 17.3 Å². The number of hydrogen-bond acceptors (Lipinski definition) is 2. The summed E-state index contributed by atoms with van der Waals surface area (Å²) >= 11 is 0. The van der Waals surface area contributed by atoms with E-state index in [4.69, 9.17) is 5.26 Å². The minimum atomic E-state index is 0.352. The summed E-state index contributed by atoms with van der Waals surface area (Å²) < 4.78 is 0. The van der Waals surface area contributed by atoms with Crippen LogP contribution in [0.5, 0.6) is 0 Å². The number of hydrogen-bond donors (Lipinski definition) is 1. The van der Waals surface area contributed by atoms with Crippen molar-refractivity contribution in [3.05, 3.63) is 41.3 Å². The van der Waals surface area contributed by atoms with Crippen molar-refractivity contribution in [1.29, 1.82) is 5.26 Å². The van der Waals surface area contributed by atoms with Crippen LogP contribution in [0.2, 0.25) is 0 Å². The Kier molecular flexibility index (Phi) is 2.26. The molecule has 3 heteroatoms. The number of nitriles is 1. The summed E-state index contributed by atoms with van der Waals surface area (Å²) in [5.74, 6) is 0.352. The van der Waals surface area contributed by atoms with E-state index in [9.17, 15) is 0 Å². The molecular weight excluding hydrogens is 186 g/mol. The number of benzene rings is 1. The van der Waals surface area contributed by atoms with Crippen molar-refractivity contribution >= 4 is 0 Å². The van der Waals surface area contributed by atoms with E-state index in [2.05, 4.69) is 35.9 Å².